The van der Waals surface area contributed by atoms with Gasteiger partial charge < -0.3 is 4.90 Å². The maximum absolute atomic E-state index is 12.7. The largest absolute Gasteiger partial charge is 0.339 e. The van der Waals surface area contributed by atoms with E-state index in [9.17, 15) is 14.4 Å². The number of hydrogen-bond donors (Lipinski definition) is 0. The Morgan fingerprint density at radius 1 is 1.11 bits per heavy atom. The summed E-state index contributed by atoms with van der Waals surface area (Å²) in [7, 11) is 1.76. The van der Waals surface area contributed by atoms with Crippen molar-refractivity contribution in [3.05, 3.63) is 76.2 Å². The van der Waals surface area contributed by atoms with Crippen LogP contribution < -0.4 is 0 Å². The molecule has 2 aromatic carbocycles. The molecule has 0 unspecified atom stereocenters. The average molecular weight is 394 g/mol. The van der Waals surface area contributed by atoms with Gasteiger partial charge in [0.05, 0.1) is 11.4 Å². The summed E-state index contributed by atoms with van der Waals surface area (Å²) in [5.41, 5.74) is 2.16. The number of rotatable bonds is 5. The van der Waals surface area contributed by atoms with E-state index in [1.54, 1.807) is 36.2 Å². The Hall–Kier alpha value is -2.86. The Balaban J connectivity index is 1.80. The lowest BCUT2D eigenvalue weighted by Gasteiger charge is -2.21. The fraction of sp³-hybridized carbons (Fsp3) is 0.227. The standard InChI is InChI=1S/C22H22N2O3S/c1-15(2)23(3)20(25)18-11-7-10-17(12-18)13-19-21(26)24(22(27)28-19)14-16-8-5-4-6-9-16/h4-13,15H,14H2,1-3H3/b19-13-. The lowest BCUT2D eigenvalue weighted by Crippen LogP contribution is -2.32. The fourth-order valence-corrected chi connectivity index (χ4v) is 3.59. The van der Waals surface area contributed by atoms with Crippen LogP contribution in [0.3, 0.4) is 0 Å². The first-order chi connectivity index (χ1) is 13.4. The van der Waals surface area contributed by atoms with Crippen LogP contribution in [-0.4, -0.2) is 39.9 Å². The van der Waals surface area contributed by atoms with Crippen molar-refractivity contribution in [2.24, 2.45) is 0 Å². The van der Waals surface area contributed by atoms with E-state index in [1.165, 1.54) is 4.90 Å². The first kappa shape index (κ1) is 19.9. The molecule has 1 heterocycles. The third-order valence-electron chi connectivity index (χ3n) is 4.58. The van der Waals surface area contributed by atoms with Crippen molar-refractivity contribution in [2.75, 3.05) is 7.05 Å². The predicted octanol–water partition coefficient (Wildman–Crippen LogP) is 4.40. The monoisotopic (exact) mass is 394 g/mol. The van der Waals surface area contributed by atoms with Crippen LogP contribution in [0, 0.1) is 0 Å². The van der Waals surface area contributed by atoms with Gasteiger partial charge in [-0.1, -0.05) is 42.5 Å². The Kier molecular flexibility index (Phi) is 5.99. The number of nitrogens with zero attached hydrogens (tertiary/aromatic N) is 2. The van der Waals surface area contributed by atoms with Crippen molar-refractivity contribution >= 4 is 34.9 Å². The third kappa shape index (κ3) is 4.34. The molecule has 3 rings (SSSR count). The van der Waals surface area contributed by atoms with Gasteiger partial charge in [0.15, 0.2) is 0 Å². The molecule has 1 aliphatic heterocycles. The number of carbonyl (C=O) groups excluding carboxylic acids is 3. The summed E-state index contributed by atoms with van der Waals surface area (Å²) < 4.78 is 0. The van der Waals surface area contributed by atoms with E-state index in [2.05, 4.69) is 0 Å². The Morgan fingerprint density at radius 2 is 1.82 bits per heavy atom. The molecule has 28 heavy (non-hydrogen) atoms. The number of hydrogen-bond acceptors (Lipinski definition) is 4. The van der Waals surface area contributed by atoms with Crippen LogP contribution in [-0.2, 0) is 11.3 Å². The lowest BCUT2D eigenvalue weighted by atomic mass is 10.1. The van der Waals surface area contributed by atoms with Gasteiger partial charge in [-0.25, -0.2) is 0 Å². The molecule has 3 amide bonds. The van der Waals surface area contributed by atoms with E-state index < -0.39 is 0 Å². The van der Waals surface area contributed by atoms with E-state index in [1.807, 2.05) is 50.2 Å². The molecule has 0 saturated carbocycles. The van der Waals surface area contributed by atoms with Crippen LogP contribution in [0.25, 0.3) is 6.08 Å². The Morgan fingerprint density at radius 3 is 2.50 bits per heavy atom. The van der Waals surface area contributed by atoms with Gasteiger partial charge >= 0.3 is 0 Å². The SMILES string of the molecule is CC(C)N(C)C(=O)c1cccc(/C=C2\SC(=O)N(Cc3ccccc3)C2=O)c1. The van der Waals surface area contributed by atoms with Gasteiger partial charge in [0.25, 0.3) is 17.1 Å². The number of thioether (sulfide) groups is 1. The minimum absolute atomic E-state index is 0.0811. The highest BCUT2D eigenvalue weighted by atomic mass is 32.2. The number of amides is 3. The molecule has 1 aliphatic rings. The number of benzene rings is 2. The average Bonchev–Trinajstić information content (AvgIpc) is 2.95. The van der Waals surface area contributed by atoms with Gasteiger partial charge in [0, 0.05) is 18.7 Å². The second kappa shape index (κ2) is 8.44. The van der Waals surface area contributed by atoms with Crippen LogP contribution in [0.1, 0.15) is 35.3 Å². The second-order valence-corrected chi connectivity index (χ2v) is 7.88. The summed E-state index contributed by atoms with van der Waals surface area (Å²) in [6.45, 7) is 4.15. The molecule has 1 saturated heterocycles. The number of carbonyl (C=O) groups is 3. The second-order valence-electron chi connectivity index (χ2n) is 6.89. The maximum atomic E-state index is 12.7. The zero-order chi connectivity index (χ0) is 20.3. The highest BCUT2D eigenvalue weighted by Gasteiger charge is 2.34. The minimum Gasteiger partial charge on any atom is -0.339 e. The zero-order valence-corrected chi connectivity index (χ0v) is 16.9. The molecule has 1 fully saturated rings. The first-order valence-electron chi connectivity index (χ1n) is 9.03. The summed E-state index contributed by atoms with van der Waals surface area (Å²) in [5, 5.41) is -0.285. The van der Waals surface area contributed by atoms with Gasteiger partial charge in [0.1, 0.15) is 0 Å². The molecule has 0 bridgehead atoms. The molecule has 144 valence electrons. The van der Waals surface area contributed by atoms with Crippen molar-refractivity contribution in [3.63, 3.8) is 0 Å². The van der Waals surface area contributed by atoms with E-state index in [4.69, 9.17) is 0 Å². The topological polar surface area (TPSA) is 57.7 Å². The van der Waals surface area contributed by atoms with Gasteiger partial charge in [-0.3, -0.25) is 19.3 Å². The normalized spacial score (nSPS) is 15.6. The predicted molar refractivity (Wildman–Crippen MR) is 112 cm³/mol. The Labute approximate surface area is 169 Å². The molecule has 0 radical (unpaired) electrons. The van der Waals surface area contributed by atoms with E-state index >= 15 is 0 Å². The quantitative estimate of drug-likeness (QED) is 0.705. The molecule has 0 spiro atoms. The van der Waals surface area contributed by atoms with Crippen LogP contribution in [0.2, 0.25) is 0 Å². The molecule has 6 heteroatoms. The first-order valence-corrected chi connectivity index (χ1v) is 9.85. The van der Waals surface area contributed by atoms with Crippen molar-refractivity contribution in [1.29, 1.82) is 0 Å². The number of imide groups is 1. The third-order valence-corrected chi connectivity index (χ3v) is 5.49. The molecular formula is C22H22N2O3S. The van der Waals surface area contributed by atoms with Crippen molar-refractivity contribution in [1.82, 2.24) is 9.80 Å². The highest BCUT2D eigenvalue weighted by Crippen LogP contribution is 2.33. The minimum atomic E-state index is -0.310. The zero-order valence-electron chi connectivity index (χ0n) is 16.1. The molecule has 5 nitrogen and oxygen atoms in total. The van der Waals surface area contributed by atoms with Crippen LogP contribution in [0.15, 0.2) is 59.5 Å². The molecule has 2 aromatic rings. The van der Waals surface area contributed by atoms with Crippen LogP contribution in [0.5, 0.6) is 0 Å². The molecular weight excluding hydrogens is 372 g/mol. The summed E-state index contributed by atoms with van der Waals surface area (Å²) in [4.78, 5) is 40.8. The molecule has 0 aromatic heterocycles. The highest BCUT2D eigenvalue weighted by molar-refractivity contribution is 8.18. The molecule has 0 atom stereocenters. The lowest BCUT2D eigenvalue weighted by molar-refractivity contribution is -0.123. The van der Waals surface area contributed by atoms with Crippen LogP contribution >= 0.6 is 11.8 Å². The maximum Gasteiger partial charge on any atom is 0.293 e. The van der Waals surface area contributed by atoms with E-state index in [0.717, 1.165) is 17.3 Å². The summed E-state index contributed by atoms with van der Waals surface area (Å²) in [6.07, 6.45) is 1.67. The van der Waals surface area contributed by atoms with Gasteiger partial charge in [-0.15, -0.1) is 0 Å². The van der Waals surface area contributed by atoms with Crippen molar-refractivity contribution in [2.45, 2.75) is 26.4 Å². The molecule has 0 N–H and O–H groups in total. The van der Waals surface area contributed by atoms with Gasteiger partial charge in [0.2, 0.25) is 0 Å². The smallest absolute Gasteiger partial charge is 0.293 e. The molecule has 0 aliphatic carbocycles. The van der Waals surface area contributed by atoms with Crippen LogP contribution in [0.4, 0.5) is 4.79 Å². The van der Waals surface area contributed by atoms with E-state index in [0.29, 0.717) is 16.0 Å². The Bertz CT molecular complexity index is 938. The summed E-state index contributed by atoms with van der Waals surface area (Å²) in [6, 6.07) is 16.6. The van der Waals surface area contributed by atoms with Gasteiger partial charge in [-0.2, -0.15) is 0 Å². The van der Waals surface area contributed by atoms with Crippen molar-refractivity contribution < 1.29 is 14.4 Å². The summed E-state index contributed by atoms with van der Waals surface area (Å²) in [5.74, 6) is -0.391. The fourth-order valence-electron chi connectivity index (χ4n) is 2.75. The van der Waals surface area contributed by atoms with Gasteiger partial charge in [-0.05, 0) is 54.9 Å². The van der Waals surface area contributed by atoms with E-state index in [-0.39, 0.29) is 29.6 Å². The summed E-state index contributed by atoms with van der Waals surface area (Å²) >= 11 is 0.925. The van der Waals surface area contributed by atoms with Crippen molar-refractivity contribution in [3.8, 4) is 0 Å².